The lowest BCUT2D eigenvalue weighted by atomic mass is 10.1. The van der Waals surface area contributed by atoms with Gasteiger partial charge >= 0.3 is 0 Å². The Kier molecular flexibility index (Phi) is 3.53. The SMILES string of the molecule is Cc1nn(C)c2ncc(NC(=O)C(N)C(C)C)cc12. The molecule has 102 valence electrons. The summed E-state index contributed by atoms with van der Waals surface area (Å²) in [5.41, 5.74) is 8.13. The van der Waals surface area contributed by atoms with Gasteiger partial charge in [0, 0.05) is 12.4 Å². The molecule has 2 aromatic rings. The molecule has 0 bridgehead atoms. The molecule has 0 aromatic carbocycles. The molecule has 2 aromatic heterocycles. The number of fused-ring (bicyclic) bond motifs is 1. The van der Waals surface area contributed by atoms with Crippen LogP contribution in [0.1, 0.15) is 19.5 Å². The molecule has 2 heterocycles. The minimum atomic E-state index is -0.523. The normalized spacial score (nSPS) is 12.9. The van der Waals surface area contributed by atoms with Gasteiger partial charge in [-0.2, -0.15) is 5.10 Å². The van der Waals surface area contributed by atoms with Gasteiger partial charge in [0.15, 0.2) is 5.65 Å². The fraction of sp³-hybridized carbons (Fsp3) is 0.462. The zero-order valence-electron chi connectivity index (χ0n) is 11.6. The number of aryl methyl sites for hydroxylation is 2. The van der Waals surface area contributed by atoms with Crippen molar-refractivity contribution in [3.63, 3.8) is 0 Å². The second-order valence-electron chi connectivity index (χ2n) is 5.06. The molecule has 1 atom stereocenters. The number of amides is 1. The van der Waals surface area contributed by atoms with Gasteiger partial charge < -0.3 is 11.1 Å². The predicted octanol–water partition coefficient (Wildman–Crippen LogP) is 1.20. The van der Waals surface area contributed by atoms with Crippen molar-refractivity contribution in [2.75, 3.05) is 5.32 Å². The van der Waals surface area contributed by atoms with E-state index in [1.807, 2.05) is 33.9 Å². The van der Waals surface area contributed by atoms with Crippen molar-refractivity contribution in [1.82, 2.24) is 14.8 Å². The Morgan fingerprint density at radius 2 is 2.16 bits per heavy atom. The smallest absolute Gasteiger partial charge is 0.241 e. The lowest BCUT2D eigenvalue weighted by Crippen LogP contribution is -2.39. The van der Waals surface area contributed by atoms with Crippen LogP contribution in [-0.2, 0) is 11.8 Å². The lowest BCUT2D eigenvalue weighted by Gasteiger charge is -2.15. The first-order chi connectivity index (χ1) is 8.90. The molecule has 0 aliphatic heterocycles. The van der Waals surface area contributed by atoms with Gasteiger partial charge in [-0.05, 0) is 18.9 Å². The summed E-state index contributed by atoms with van der Waals surface area (Å²) >= 11 is 0. The number of anilines is 1. The van der Waals surface area contributed by atoms with E-state index in [1.165, 1.54) is 0 Å². The summed E-state index contributed by atoms with van der Waals surface area (Å²) in [6, 6.07) is 1.35. The van der Waals surface area contributed by atoms with Crippen LogP contribution in [0.2, 0.25) is 0 Å². The molecule has 6 heteroatoms. The van der Waals surface area contributed by atoms with Crippen molar-refractivity contribution in [2.24, 2.45) is 18.7 Å². The average molecular weight is 261 g/mol. The van der Waals surface area contributed by atoms with Crippen LogP contribution in [0.4, 0.5) is 5.69 Å². The summed E-state index contributed by atoms with van der Waals surface area (Å²) in [5.74, 6) is -0.102. The summed E-state index contributed by atoms with van der Waals surface area (Å²) < 4.78 is 1.72. The van der Waals surface area contributed by atoms with Gasteiger partial charge in [0.1, 0.15) is 0 Å². The minimum absolute atomic E-state index is 0.0943. The number of nitrogens with two attached hydrogens (primary N) is 1. The summed E-state index contributed by atoms with van der Waals surface area (Å²) in [7, 11) is 1.84. The van der Waals surface area contributed by atoms with Crippen molar-refractivity contribution in [2.45, 2.75) is 26.8 Å². The fourth-order valence-corrected chi connectivity index (χ4v) is 1.90. The molecule has 19 heavy (non-hydrogen) atoms. The van der Waals surface area contributed by atoms with E-state index >= 15 is 0 Å². The van der Waals surface area contributed by atoms with Crippen molar-refractivity contribution in [1.29, 1.82) is 0 Å². The topological polar surface area (TPSA) is 85.8 Å². The summed E-state index contributed by atoms with van der Waals surface area (Å²) in [5, 5.41) is 8.01. The number of nitrogens with zero attached hydrogens (tertiary/aromatic N) is 3. The average Bonchev–Trinajstić information content (AvgIpc) is 2.63. The van der Waals surface area contributed by atoms with E-state index in [2.05, 4.69) is 15.4 Å². The van der Waals surface area contributed by atoms with E-state index in [4.69, 9.17) is 5.73 Å². The van der Waals surface area contributed by atoms with Crippen LogP contribution in [0.15, 0.2) is 12.3 Å². The Balaban J connectivity index is 2.27. The summed E-state index contributed by atoms with van der Waals surface area (Å²) in [4.78, 5) is 16.2. The molecule has 0 spiro atoms. The predicted molar refractivity (Wildman–Crippen MR) is 74.7 cm³/mol. The van der Waals surface area contributed by atoms with Crippen LogP contribution in [-0.4, -0.2) is 26.7 Å². The minimum Gasteiger partial charge on any atom is -0.323 e. The van der Waals surface area contributed by atoms with E-state index in [0.717, 1.165) is 16.7 Å². The van der Waals surface area contributed by atoms with Gasteiger partial charge in [-0.15, -0.1) is 0 Å². The Morgan fingerprint density at radius 1 is 1.47 bits per heavy atom. The van der Waals surface area contributed by atoms with Gasteiger partial charge in [-0.1, -0.05) is 13.8 Å². The molecule has 0 aliphatic carbocycles. The molecule has 0 aliphatic rings. The molecule has 3 N–H and O–H groups in total. The Bertz CT molecular complexity index is 617. The van der Waals surface area contributed by atoms with Crippen LogP contribution < -0.4 is 11.1 Å². The van der Waals surface area contributed by atoms with E-state index in [9.17, 15) is 4.79 Å². The summed E-state index contributed by atoms with van der Waals surface area (Å²) in [6.07, 6.45) is 1.62. The molecule has 1 amide bonds. The van der Waals surface area contributed by atoms with Crippen molar-refractivity contribution >= 4 is 22.6 Å². The number of aromatic nitrogens is 3. The van der Waals surface area contributed by atoms with Crippen LogP contribution in [0.5, 0.6) is 0 Å². The zero-order chi connectivity index (χ0) is 14.2. The number of rotatable bonds is 3. The molecular formula is C13H19N5O. The number of hydrogen-bond acceptors (Lipinski definition) is 4. The van der Waals surface area contributed by atoms with Crippen molar-refractivity contribution < 1.29 is 4.79 Å². The monoisotopic (exact) mass is 261 g/mol. The van der Waals surface area contributed by atoms with Crippen molar-refractivity contribution in [3.8, 4) is 0 Å². The second-order valence-corrected chi connectivity index (χ2v) is 5.06. The third-order valence-electron chi connectivity index (χ3n) is 3.15. The van der Waals surface area contributed by atoms with E-state index < -0.39 is 6.04 Å². The molecule has 0 saturated carbocycles. The molecule has 6 nitrogen and oxygen atoms in total. The van der Waals surface area contributed by atoms with Crippen LogP contribution in [0.25, 0.3) is 11.0 Å². The highest BCUT2D eigenvalue weighted by Crippen LogP contribution is 2.19. The fourth-order valence-electron chi connectivity index (χ4n) is 1.90. The van der Waals surface area contributed by atoms with Gasteiger partial charge in [0.25, 0.3) is 0 Å². The molecular weight excluding hydrogens is 242 g/mol. The first kappa shape index (κ1) is 13.5. The van der Waals surface area contributed by atoms with Crippen LogP contribution >= 0.6 is 0 Å². The van der Waals surface area contributed by atoms with Crippen LogP contribution in [0.3, 0.4) is 0 Å². The molecule has 0 fully saturated rings. The highest BCUT2D eigenvalue weighted by Gasteiger charge is 2.17. The largest absolute Gasteiger partial charge is 0.323 e. The van der Waals surface area contributed by atoms with Gasteiger partial charge in [0.05, 0.1) is 23.6 Å². The molecule has 0 saturated heterocycles. The van der Waals surface area contributed by atoms with Gasteiger partial charge in [-0.3, -0.25) is 9.48 Å². The first-order valence-corrected chi connectivity index (χ1v) is 6.26. The Labute approximate surface area is 112 Å². The second kappa shape index (κ2) is 4.97. The van der Waals surface area contributed by atoms with E-state index in [-0.39, 0.29) is 11.8 Å². The molecule has 2 rings (SSSR count). The number of pyridine rings is 1. The third-order valence-corrected chi connectivity index (χ3v) is 3.15. The number of hydrogen-bond donors (Lipinski definition) is 2. The highest BCUT2D eigenvalue weighted by atomic mass is 16.2. The maximum absolute atomic E-state index is 11.9. The zero-order valence-corrected chi connectivity index (χ0v) is 11.6. The maximum Gasteiger partial charge on any atom is 0.241 e. The lowest BCUT2D eigenvalue weighted by molar-refractivity contribution is -0.118. The summed E-state index contributed by atoms with van der Waals surface area (Å²) in [6.45, 7) is 5.74. The quantitative estimate of drug-likeness (QED) is 0.869. The van der Waals surface area contributed by atoms with Crippen LogP contribution in [0, 0.1) is 12.8 Å². The number of carbonyl (C=O) groups excluding carboxylic acids is 1. The molecule has 0 radical (unpaired) electrons. The standard InChI is InChI=1S/C13H19N5O/c1-7(2)11(14)13(19)16-9-5-10-8(3)17-18(4)12(10)15-6-9/h5-7,11H,14H2,1-4H3,(H,16,19). The van der Waals surface area contributed by atoms with Crippen molar-refractivity contribution in [3.05, 3.63) is 18.0 Å². The van der Waals surface area contributed by atoms with E-state index in [1.54, 1.807) is 10.9 Å². The number of nitrogens with one attached hydrogen (secondary N) is 1. The Hall–Kier alpha value is -1.95. The van der Waals surface area contributed by atoms with Gasteiger partial charge in [0.2, 0.25) is 5.91 Å². The number of carbonyl (C=O) groups is 1. The third kappa shape index (κ3) is 2.58. The van der Waals surface area contributed by atoms with E-state index in [0.29, 0.717) is 5.69 Å². The highest BCUT2D eigenvalue weighted by molar-refractivity contribution is 5.96. The Morgan fingerprint density at radius 3 is 2.79 bits per heavy atom. The first-order valence-electron chi connectivity index (χ1n) is 6.26. The maximum atomic E-state index is 11.9. The molecule has 1 unspecified atom stereocenters. The van der Waals surface area contributed by atoms with Gasteiger partial charge in [-0.25, -0.2) is 4.98 Å².